The number of hydrogen-bond acceptors (Lipinski definition) is 2. The van der Waals surface area contributed by atoms with Crippen LogP contribution in [0.2, 0.25) is 0 Å². The second-order valence-corrected chi connectivity index (χ2v) is 3.75. The Bertz CT molecular complexity index is 381. The number of amides is 1. The van der Waals surface area contributed by atoms with Crippen LogP contribution in [0.4, 0.5) is 5.69 Å². The molecule has 1 aromatic carbocycles. The van der Waals surface area contributed by atoms with Gasteiger partial charge in [0.1, 0.15) is 5.75 Å². The summed E-state index contributed by atoms with van der Waals surface area (Å²) in [6.07, 6.45) is 0.875. The van der Waals surface area contributed by atoms with Crippen molar-refractivity contribution >= 4 is 11.6 Å². The van der Waals surface area contributed by atoms with Crippen molar-refractivity contribution in [3.05, 3.63) is 36.4 Å². The fourth-order valence-corrected chi connectivity index (χ4v) is 1.43. The molecule has 0 heterocycles. The number of hydrogen-bond donors (Lipinski definition) is 1. The van der Waals surface area contributed by atoms with Crippen molar-refractivity contribution in [2.45, 2.75) is 20.3 Å². The maximum absolute atomic E-state index is 11.9. The van der Waals surface area contributed by atoms with Crippen LogP contribution in [0, 0.1) is 0 Å². The molecule has 0 aliphatic carbocycles. The molecule has 0 aromatic heterocycles. The largest absolute Gasteiger partial charge is 0.508 e. The van der Waals surface area contributed by atoms with Crippen molar-refractivity contribution in [2.75, 3.05) is 11.4 Å². The Labute approximate surface area is 96.0 Å². The van der Waals surface area contributed by atoms with Crippen LogP contribution in [-0.2, 0) is 4.79 Å². The van der Waals surface area contributed by atoms with E-state index >= 15 is 0 Å². The molecule has 1 amide bonds. The number of benzene rings is 1. The molecular weight excluding hydrogens is 202 g/mol. The van der Waals surface area contributed by atoms with E-state index in [1.54, 1.807) is 36.1 Å². The van der Waals surface area contributed by atoms with E-state index in [-0.39, 0.29) is 11.7 Å². The van der Waals surface area contributed by atoms with Gasteiger partial charge in [-0.1, -0.05) is 13.5 Å². The van der Waals surface area contributed by atoms with E-state index < -0.39 is 0 Å². The molecule has 3 heteroatoms. The Morgan fingerprint density at radius 3 is 2.38 bits per heavy atom. The number of carbonyl (C=O) groups excluding carboxylic acids is 1. The topological polar surface area (TPSA) is 40.5 Å². The summed E-state index contributed by atoms with van der Waals surface area (Å²) in [5.41, 5.74) is 1.30. The van der Waals surface area contributed by atoms with Crippen LogP contribution in [0.15, 0.2) is 36.4 Å². The zero-order chi connectivity index (χ0) is 12.1. The fraction of sp³-hybridized carbons (Fsp3) is 0.308. The summed E-state index contributed by atoms with van der Waals surface area (Å²) in [5, 5.41) is 9.20. The van der Waals surface area contributed by atoms with Crippen LogP contribution in [0.5, 0.6) is 5.75 Å². The van der Waals surface area contributed by atoms with Gasteiger partial charge < -0.3 is 10.0 Å². The van der Waals surface area contributed by atoms with Gasteiger partial charge in [-0.3, -0.25) is 4.79 Å². The standard InChI is InChI=1S/C13H17NO2/c1-4-9-14(13(16)10(2)3)11-5-7-12(15)8-6-11/h5-8,15H,2,4,9H2,1,3H3. The van der Waals surface area contributed by atoms with Gasteiger partial charge in [0.25, 0.3) is 5.91 Å². The van der Waals surface area contributed by atoms with Gasteiger partial charge in [0.05, 0.1) is 0 Å². The summed E-state index contributed by atoms with van der Waals surface area (Å²) in [7, 11) is 0. The first-order chi connectivity index (χ1) is 7.56. The third-order valence-electron chi connectivity index (χ3n) is 2.22. The van der Waals surface area contributed by atoms with Gasteiger partial charge in [-0.05, 0) is 37.6 Å². The molecule has 0 unspecified atom stereocenters. The van der Waals surface area contributed by atoms with E-state index in [1.807, 2.05) is 6.92 Å². The molecule has 0 saturated carbocycles. The fourth-order valence-electron chi connectivity index (χ4n) is 1.43. The van der Waals surface area contributed by atoms with Gasteiger partial charge in [-0.25, -0.2) is 0 Å². The van der Waals surface area contributed by atoms with Crippen LogP contribution in [-0.4, -0.2) is 17.6 Å². The molecule has 0 fully saturated rings. The summed E-state index contributed by atoms with van der Waals surface area (Å²) < 4.78 is 0. The molecule has 0 aliphatic rings. The van der Waals surface area contributed by atoms with Gasteiger partial charge in [0.2, 0.25) is 0 Å². The first kappa shape index (κ1) is 12.3. The van der Waals surface area contributed by atoms with Crippen molar-refractivity contribution in [3.63, 3.8) is 0 Å². The molecule has 3 nitrogen and oxygen atoms in total. The Kier molecular flexibility index (Phi) is 4.11. The first-order valence-electron chi connectivity index (χ1n) is 5.32. The Hall–Kier alpha value is -1.77. The third-order valence-corrected chi connectivity index (χ3v) is 2.22. The smallest absolute Gasteiger partial charge is 0.253 e. The maximum atomic E-state index is 11.9. The van der Waals surface area contributed by atoms with Crippen LogP contribution < -0.4 is 4.90 Å². The lowest BCUT2D eigenvalue weighted by atomic mass is 10.2. The molecule has 0 aliphatic heterocycles. The number of phenols is 1. The normalized spacial score (nSPS) is 9.88. The Morgan fingerprint density at radius 2 is 1.94 bits per heavy atom. The van der Waals surface area contributed by atoms with Gasteiger partial charge in [-0.15, -0.1) is 0 Å². The highest BCUT2D eigenvalue weighted by molar-refractivity contribution is 6.04. The number of carbonyl (C=O) groups is 1. The molecule has 0 atom stereocenters. The molecule has 0 spiro atoms. The lowest BCUT2D eigenvalue weighted by Crippen LogP contribution is -2.31. The average Bonchev–Trinajstić information content (AvgIpc) is 2.26. The second-order valence-electron chi connectivity index (χ2n) is 3.75. The summed E-state index contributed by atoms with van der Waals surface area (Å²) in [5.74, 6) is 0.121. The number of nitrogens with zero attached hydrogens (tertiary/aromatic N) is 1. The van der Waals surface area contributed by atoms with E-state index in [9.17, 15) is 9.90 Å². The average molecular weight is 219 g/mol. The SMILES string of the molecule is C=C(C)C(=O)N(CCC)c1ccc(O)cc1. The lowest BCUT2D eigenvalue weighted by molar-refractivity contribution is -0.115. The molecule has 1 N–H and O–H groups in total. The highest BCUT2D eigenvalue weighted by Crippen LogP contribution is 2.20. The quantitative estimate of drug-likeness (QED) is 0.791. The molecule has 0 radical (unpaired) electrons. The number of rotatable bonds is 4. The minimum Gasteiger partial charge on any atom is -0.508 e. The Balaban J connectivity index is 2.97. The summed E-state index contributed by atoms with van der Waals surface area (Å²) in [6, 6.07) is 6.60. The van der Waals surface area contributed by atoms with Gasteiger partial charge in [0.15, 0.2) is 0 Å². The molecule has 1 rings (SSSR count). The molecule has 1 aromatic rings. The molecular formula is C13H17NO2. The zero-order valence-electron chi connectivity index (χ0n) is 9.73. The predicted octanol–water partition coefficient (Wildman–Crippen LogP) is 2.71. The van der Waals surface area contributed by atoms with E-state index in [0.717, 1.165) is 12.1 Å². The minimum atomic E-state index is -0.0764. The van der Waals surface area contributed by atoms with Crippen LogP contribution in [0.25, 0.3) is 0 Å². The molecule has 0 saturated heterocycles. The molecule has 86 valence electrons. The number of phenolic OH excluding ortho intramolecular Hbond substituents is 1. The van der Waals surface area contributed by atoms with Crippen molar-refractivity contribution in [3.8, 4) is 5.75 Å². The monoisotopic (exact) mass is 219 g/mol. The highest BCUT2D eigenvalue weighted by Gasteiger charge is 2.14. The molecule has 16 heavy (non-hydrogen) atoms. The van der Waals surface area contributed by atoms with E-state index in [4.69, 9.17) is 0 Å². The van der Waals surface area contributed by atoms with Crippen LogP contribution in [0.3, 0.4) is 0 Å². The van der Waals surface area contributed by atoms with E-state index in [1.165, 1.54) is 0 Å². The first-order valence-corrected chi connectivity index (χ1v) is 5.32. The lowest BCUT2D eigenvalue weighted by Gasteiger charge is -2.22. The van der Waals surface area contributed by atoms with Gasteiger partial charge in [-0.2, -0.15) is 0 Å². The second kappa shape index (κ2) is 5.35. The summed E-state index contributed by atoms with van der Waals surface area (Å²) in [4.78, 5) is 13.6. The van der Waals surface area contributed by atoms with Gasteiger partial charge in [0, 0.05) is 17.8 Å². The Morgan fingerprint density at radius 1 is 1.38 bits per heavy atom. The van der Waals surface area contributed by atoms with E-state index in [0.29, 0.717) is 12.1 Å². The maximum Gasteiger partial charge on any atom is 0.253 e. The van der Waals surface area contributed by atoms with Crippen molar-refractivity contribution in [2.24, 2.45) is 0 Å². The van der Waals surface area contributed by atoms with Gasteiger partial charge >= 0.3 is 0 Å². The summed E-state index contributed by atoms with van der Waals surface area (Å²) in [6.45, 7) is 8.02. The number of aromatic hydroxyl groups is 1. The van der Waals surface area contributed by atoms with Crippen LogP contribution in [0.1, 0.15) is 20.3 Å². The van der Waals surface area contributed by atoms with Crippen molar-refractivity contribution in [1.82, 2.24) is 0 Å². The molecule has 0 bridgehead atoms. The summed E-state index contributed by atoms with van der Waals surface area (Å²) >= 11 is 0. The van der Waals surface area contributed by atoms with Crippen molar-refractivity contribution < 1.29 is 9.90 Å². The zero-order valence-corrected chi connectivity index (χ0v) is 9.73. The van der Waals surface area contributed by atoms with Crippen molar-refractivity contribution in [1.29, 1.82) is 0 Å². The van der Waals surface area contributed by atoms with Crippen LogP contribution >= 0.6 is 0 Å². The number of anilines is 1. The highest BCUT2D eigenvalue weighted by atomic mass is 16.3. The van der Waals surface area contributed by atoms with E-state index in [2.05, 4.69) is 6.58 Å². The predicted molar refractivity (Wildman–Crippen MR) is 65.6 cm³/mol. The minimum absolute atomic E-state index is 0.0764. The third kappa shape index (κ3) is 2.86.